The SMILES string of the molecule is CC1(C)Oc2ccc(-c3ccccc3)cc2[C@@H]2O[C@H](CC(=O)NS(=O)(=O)c3ccc(Cl)cc3)CC[C@H]21. The summed E-state index contributed by atoms with van der Waals surface area (Å²) in [4.78, 5) is 12.7. The van der Waals surface area contributed by atoms with Crippen LogP contribution < -0.4 is 9.46 Å². The number of rotatable bonds is 5. The van der Waals surface area contributed by atoms with Gasteiger partial charge in [0, 0.05) is 16.5 Å². The second kappa shape index (κ2) is 9.54. The average Bonchev–Trinajstić information content (AvgIpc) is 2.84. The Bertz CT molecular complexity index is 1370. The third-order valence-corrected chi connectivity index (χ3v) is 8.62. The Morgan fingerprint density at radius 3 is 2.44 bits per heavy atom. The van der Waals surface area contributed by atoms with Crippen LogP contribution in [-0.2, 0) is 19.6 Å². The summed E-state index contributed by atoms with van der Waals surface area (Å²) in [6.45, 7) is 4.13. The molecule has 1 saturated heterocycles. The van der Waals surface area contributed by atoms with Gasteiger partial charge >= 0.3 is 0 Å². The molecule has 3 atom stereocenters. The van der Waals surface area contributed by atoms with Gasteiger partial charge in [0.1, 0.15) is 11.4 Å². The van der Waals surface area contributed by atoms with E-state index >= 15 is 0 Å². The summed E-state index contributed by atoms with van der Waals surface area (Å²) in [5.41, 5.74) is 2.69. The number of sulfonamides is 1. The number of hydrogen-bond donors (Lipinski definition) is 1. The van der Waals surface area contributed by atoms with Gasteiger partial charge in [-0.15, -0.1) is 0 Å². The first-order valence-corrected chi connectivity index (χ1v) is 13.8. The second-order valence-electron chi connectivity index (χ2n) is 9.87. The minimum atomic E-state index is -3.99. The van der Waals surface area contributed by atoms with E-state index in [1.807, 2.05) is 30.3 Å². The van der Waals surface area contributed by atoms with Crippen molar-refractivity contribution in [3.8, 4) is 16.9 Å². The molecule has 1 fully saturated rings. The fraction of sp³-hybridized carbons (Fsp3) is 0.321. The highest BCUT2D eigenvalue weighted by atomic mass is 35.5. The lowest BCUT2D eigenvalue weighted by molar-refractivity contribution is -0.155. The molecular formula is C28H28ClNO5S. The molecule has 0 aliphatic carbocycles. The van der Waals surface area contributed by atoms with Gasteiger partial charge in [-0.2, -0.15) is 0 Å². The topological polar surface area (TPSA) is 81.7 Å². The Labute approximate surface area is 216 Å². The van der Waals surface area contributed by atoms with Crippen molar-refractivity contribution in [2.75, 3.05) is 0 Å². The maximum Gasteiger partial charge on any atom is 0.264 e. The lowest BCUT2D eigenvalue weighted by Gasteiger charge is -2.48. The van der Waals surface area contributed by atoms with E-state index in [-0.39, 0.29) is 23.3 Å². The van der Waals surface area contributed by atoms with Crippen molar-refractivity contribution < 1.29 is 22.7 Å². The molecule has 3 aromatic rings. The molecule has 2 aliphatic heterocycles. The second-order valence-corrected chi connectivity index (χ2v) is 12.0. The molecule has 8 heteroatoms. The van der Waals surface area contributed by atoms with Crippen LogP contribution in [0.4, 0.5) is 0 Å². The predicted molar refractivity (Wildman–Crippen MR) is 138 cm³/mol. The molecule has 0 bridgehead atoms. The van der Waals surface area contributed by atoms with Crippen LogP contribution in [0.25, 0.3) is 11.1 Å². The number of hydrogen-bond acceptors (Lipinski definition) is 5. The van der Waals surface area contributed by atoms with Crippen LogP contribution in [0.3, 0.4) is 0 Å². The summed E-state index contributed by atoms with van der Waals surface area (Å²) in [5, 5.41) is 0.417. The van der Waals surface area contributed by atoms with Crippen molar-refractivity contribution in [2.45, 2.75) is 55.8 Å². The zero-order valence-corrected chi connectivity index (χ0v) is 21.7. The zero-order valence-electron chi connectivity index (χ0n) is 20.1. The lowest BCUT2D eigenvalue weighted by Crippen LogP contribution is -2.49. The third-order valence-electron chi connectivity index (χ3n) is 6.98. The third kappa shape index (κ3) is 5.01. The van der Waals surface area contributed by atoms with Gasteiger partial charge in [-0.1, -0.05) is 48.0 Å². The van der Waals surface area contributed by atoms with Gasteiger partial charge in [-0.05, 0) is 74.2 Å². The Balaban J connectivity index is 1.35. The summed E-state index contributed by atoms with van der Waals surface area (Å²) < 4.78 is 40.3. The Morgan fingerprint density at radius 2 is 1.72 bits per heavy atom. The van der Waals surface area contributed by atoms with Crippen LogP contribution in [0, 0.1) is 5.92 Å². The molecule has 36 heavy (non-hydrogen) atoms. The molecule has 2 heterocycles. The van der Waals surface area contributed by atoms with Crippen molar-refractivity contribution in [2.24, 2.45) is 5.92 Å². The van der Waals surface area contributed by atoms with E-state index < -0.39 is 27.6 Å². The van der Waals surface area contributed by atoms with Crippen molar-refractivity contribution in [3.05, 3.63) is 83.4 Å². The van der Waals surface area contributed by atoms with Gasteiger partial charge in [-0.3, -0.25) is 4.79 Å². The number of carbonyl (C=O) groups is 1. The molecule has 1 N–H and O–H groups in total. The molecule has 5 rings (SSSR count). The minimum Gasteiger partial charge on any atom is -0.487 e. The van der Waals surface area contributed by atoms with Crippen LogP contribution in [0.5, 0.6) is 5.75 Å². The highest BCUT2D eigenvalue weighted by molar-refractivity contribution is 7.90. The Kier molecular flexibility index (Phi) is 6.57. The van der Waals surface area contributed by atoms with Gasteiger partial charge in [0.05, 0.1) is 23.5 Å². The summed E-state index contributed by atoms with van der Waals surface area (Å²) in [7, 11) is -3.99. The first-order valence-electron chi connectivity index (χ1n) is 12.0. The van der Waals surface area contributed by atoms with E-state index in [1.165, 1.54) is 24.3 Å². The number of benzene rings is 3. The highest BCUT2D eigenvalue weighted by Gasteiger charge is 2.47. The number of fused-ring (bicyclic) bond motifs is 3. The molecule has 2 aliphatic rings. The van der Waals surface area contributed by atoms with Crippen molar-refractivity contribution >= 4 is 27.5 Å². The largest absolute Gasteiger partial charge is 0.487 e. The maximum atomic E-state index is 12.7. The molecule has 3 aromatic carbocycles. The van der Waals surface area contributed by atoms with Crippen LogP contribution in [0.15, 0.2) is 77.7 Å². The van der Waals surface area contributed by atoms with Crippen LogP contribution >= 0.6 is 11.6 Å². The molecule has 1 amide bonds. The lowest BCUT2D eigenvalue weighted by atomic mass is 9.74. The molecule has 0 aromatic heterocycles. The molecule has 188 valence electrons. The van der Waals surface area contributed by atoms with Gasteiger partial charge < -0.3 is 9.47 Å². The smallest absolute Gasteiger partial charge is 0.264 e. The van der Waals surface area contributed by atoms with Crippen molar-refractivity contribution in [1.82, 2.24) is 4.72 Å². The fourth-order valence-corrected chi connectivity index (χ4v) is 6.26. The van der Waals surface area contributed by atoms with Gasteiger partial charge in [-0.25, -0.2) is 13.1 Å². The van der Waals surface area contributed by atoms with Gasteiger partial charge in [0.25, 0.3) is 10.0 Å². The van der Waals surface area contributed by atoms with E-state index in [4.69, 9.17) is 21.1 Å². The number of carbonyl (C=O) groups excluding carboxylic acids is 1. The molecule has 6 nitrogen and oxygen atoms in total. The summed E-state index contributed by atoms with van der Waals surface area (Å²) in [5.74, 6) is 0.280. The quantitative estimate of drug-likeness (QED) is 0.448. The highest BCUT2D eigenvalue weighted by Crippen LogP contribution is 2.51. The molecular weight excluding hydrogens is 498 g/mol. The molecule has 0 spiro atoms. The Hall–Kier alpha value is -2.87. The fourth-order valence-electron chi connectivity index (χ4n) is 5.14. The first kappa shape index (κ1) is 24.8. The predicted octanol–water partition coefficient (Wildman–Crippen LogP) is 5.91. The van der Waals surface area contributed by atoms with Gasteiger partial charge in [0.2, 0.25) is 5.91 Å². The van der Waals surface area contributed by atoms with E-state index in [0.29, 0.717) is 11.4 Å². The normalized spacial score (nSPS) is 22.6. The van der Waals surface area contributed by atoms with Gasteiger partial charge in [0.15, 0.2) is 0 Å². The minimum absolute atomic E-state index is 0.0153. The van der Waals surface area contributed by atoms with E-state index in [1.54, 1.807) is 0 Å². The average molecular weight is 526 g/mol. The Morgan fingerprint density at radius 1 is 1.00 bits per heavy atom. The van der Waals surface area contributed by atoms with E-state index in [0.717, 1.165) is 28.9 Å². The summed E-state index contributed by atoms with van der Waals surface area (Å²) in [6.07, 6.45) is 0.719. The number of amides is 1. The van der Waals surface area contributed by atoms with E-state index in [9.17, 15) is 13.2 Å². The van der Waals surface area contributed by atoms with Crippen LogP contribution in [-0.4, -0.2) is 26.0 Å². The van der Waals surface area contributed by atoms with E-state index in [2.05, 4.69) is 36.8 Å². The number of halogens is 1. The maximum absolute atomic E-state index is 12.7. The van der Waals surface area contributed by atoms with Crippen LogP contribution in [0.1, 0.15) is 44.8 Å². The van der Waals surface area contributed by atoms with Crippen molar-refractivity contribution in [3.63, 3.8) is 0 Å². The molecule has 0 radical (unpaired) electrons. The van der Waals surface area contributed by atoms with Crippen LogP contribution in [0.2, 0.25) is 5.02 Å². The summed E-state index contributed by atoms with van der Waals surface area (Å²) >= 11 is 5.85. The van der Waals surface area contributed by atoms with Crippen molar-refractivity contribution in [1.29, 1.82) is 0 Å². The summed E-state index contributed by atoms with van der Waals surface area (Å²) in [6, 6.07) is 21.9. The number of nitrogens with one attached hydrogen (secondary N) is 1. The molecule has 0 saturated carbocycles. The monoisotopic (exact) mass is 525 g/mol. The first-order chi connectivity index (χ1) is 17.1. The zero-order chi connectivity index (χ0) is 25.5. The molecule has 0 unspecified atom stereocenters. The number of ether oxygens (including phenoxy) is 2. The standard InChI is InChI=1S/C28H28ClNO5S/c1-28(2)24-14-11-21(17-26(31)30-36(32,33)22-12-9-20(29)10-13-22)34-27(24)23-16-19(8-15-25(23)35-28)18-6-4-3-5-7-18/h3-10,12-13,15-16,21,24,27H,11,14,17H2,1-2H3,(H,30,31)/t21-,24+,27-/m0/s1.